The van der Waals surface area contributed by atoms with Gasteiger partial charge in [0, 0.05) is 17.7 Å². The molecular weight excluding hydrogens is 374 g/mol. The van der Waals surface area contributed by atoms with Crippen LogP contribution in [0.25, 0.3) is 0 Å². The zero-order valence-corrected chi connectivity index (χ0v) is 16.4. The van der Waals surface area contributed by atoms with Crippen LogP contribution in [0.3, 0.4) is 0 Å². The smallest absolute Gasteiger partial charge is 0.331 e. The number of aryl methyl sites for hydroxylation is 1. The van der Waals surface area contributed by atoms with E-state index in [2.05, 4.69) is 20.5 Å². The highest BCUT2D eigenvalue weighted by atomic mass is 16.5. The number of H-pyrrole nitrogens is 1. The normalized spacial score (nSPS) is 11.8. The summed E-state index contributed by atoms with van der Waals surface area (Å²) in [7, 11) is 0. The minimum Gasteiger partial charge on any atom is -0.456 e. The monoisotopic (exact) mass is 395 g/mol. The van der Waals surface area contributed by atoms with Crippen molar-refractivity contribution in [3.63, 3.8) is 0 Å². The number of hydrogen-bond acceptors (Lipinski definition) is 7. The van der Waals surface area contributed by atoms with E-state index in [1.54, 1.807) is 13.8 Å². The molecule has 1 aromatic carbocycles. The predicted octanol–water partition coefficient (Wildman–Crippen LogP) is 2.03. The molecule has 0 spiro atoms. The Balaban J connectivity index is 1.73. The fourth-order valence-electron chi connectivity index (χ4n) is 3.30. The molecule has 0 aliphatic heterocycles. The van der Waals surface area contributed by atoms with Crippen LogP contribution in [0.2, 0.25) is 0 Å². The lowest BCUT2D eigenvalue weighted by molar-refractivity contribution is -0.146. The van der Waals surface area contributed by atoms with Crippen LogP contribution in [-0.2, 0) is 16.0 Å². The van der Waals surface area contributed by atoms with Gasteiger partial charge in [0.25, 0.3) is 0 Å². The van der Waals surface area contributed by atoms with Crippen LogP contribution in [0.4, 0.5) is 0 Å². The molecule has 3 rings (SSSR count). The number of benzene rings is 1. The molecule has 150 valence electrons. The standard InChI is InChI=1S/C20H21N5O4/c1-12-18(14(3)26)13(2)22-19(12)17(27)10-29-20(28)16(25-11-21-23-24-25)9-15-7-5-4-6-8-15/h4-8,11,16,22H,9-10H2,1-3H3/t16-/m1/s1. The Morgan fingerprint density at radius 2 is 1.90 bits per heavy atom. The third kappa shape index (κ3) is 4.45. The van der Waals surface area contributed by atoms with Gasteiger partial charge in [-0.05, 0) is 42.3 Å². The molecule has 29 heavy (non-hydrogen) atoms. The number of nitrogens with one attached hydrogen (secondary N) is 1. The molecule has 0 saturated carbocycles. The van der Waals surface area contributed by atoms with E-state index in [0.29, 0.717) is 23.2 Å². The Kier molecular flexibility index (Phi) is 5.96. The number of tetrazole rings is 1. The van der Waals surface area contributed by atoms with Crippen molar-refractivity contribution < 1.29 is 19.1 Å². The van der Waals surface area contributed by atoms with Crippen LogP contribution in [0.1, 0.15) is 50.6 Å². The fraction of sp³-hybridized carbons (Fsp3) is 0.300. The maximum Gasteiger partial charge on any atom is 0.331 e. The van der Waals surface area contributed by atoms with E-state index < -0.39 is 24.4 Å². The van der Waals surface area contributed by atoms with Gasteiger partial charge in [-0.25, -0.2) is 9.48 Å². The lowest BCUT2D eigenvalue weighted by Crippen LogP contribution is -2.27. The predicted molar refractivity (Wildman–Crippen MR) is 103 cm³/mol. The molecule has 2 heterocycles. The summed E-state index contributed by atoms with van der Waals surface area (Å²) in [5.74, 6) is -1.17. The molecule has 0 amide bonds. The van der Waals surface area contributed by atoms with Gasteiger partial charge < -0.3 is 9.72 Å². The lowest BCUT2D eigenvalue weighted by Gasteiger charge is -2.15. The highest BCUT2D eigenvalue weighted by Crippen LogP contribution is 2.20. The van der Waals surface area contributed by atoms with Gasteiger partial charge >= 0.3 is 5.97 Å². The minimum absolute atomic E-state index is 0.131. The molecule has 0 unspecified atom stereocenters. The summed E-state index contributed by atoms with van der Waals surface area (Å²) in [6.45, 7) is 4.40. The highest BCUT2D eigenvalue weighted by Gasteiger charge is 2.26. The van der Waals surface area contributed by atoms with Crippen molar-refractivity contribution in [3.8, 4) is 0 Å². The van der Waals surface area contributed by atoms with Gasteiger partial charge in [-0.3, -0.25) is 9.59 Å². The summed E-state index contributed by atoms with van der Waals surface area (Å²) in [4.78, 5) is 39.9. The largest absolute Gasteiger partial charge is 0.456 e. The first-order valence-electron chi connectivity index (χ1n) is 9.04. The van der Waals surface area contributed by atoms with Crippen molar-refractivity contribution >= 4 is 17.5 Å². The molecule has 0 radical (unpaired) electrons. The molecule has 0 aliphatic carbocycles. The Morgan fingerprint density at radius 3 is 2.48 bits per heavy atom. The van der Waals surface area contributed by atoms with E-state index in [0.717, 1.165) is 5.56 Å². The third-order valence-electron chi connectivity index (χ3n) is 4.64. The Labute approximate surface area is 167 Å². The highest BCUT2D eigenvalue weighted by molar-refractivity contribution is 6.04. The van der Waals surface area contributed by atoms with Crippen LogP contribution in [0, 0.1) is 13.8 Å². The fourth-order valence-corrected chi connectivity index (χ4v) is 3.30. The van der Waals surface area contributed by atoms with E-state index in [1.165, 1.54) is 17.9 Å². The molecule has 9 nitrogen and oxygen atoms in total. The van der Waals surface area contributed by atoms with Crippen molar-refractivity contribution in [2.24, 2.45) is 0 Å². The van der Waals surface area contributed by atoms with Crippen LogP contribution < -0.4 is 0 Å². The number of carbonyl (C=O) groups is 3. The number of carbonyl (C=O) groups excluding carboxylic acids is 3. The first-order chi connectivity index (χ1) is 13.9. The molecule has 0 bridgehead atoms. The number of aromatic nitrogens is 5. The number of Topliss-reactive ketones (excluding diaryl/α,β-unsaturated/α-hetero) is 2. The van der Waals surface area contributed by atoms with E-state index >= 15 is 0 Å². The minimum atomic E-state index is -0.806. The zero-order chi connectivity index (χ0) is 21.0. The first-order valence-corrected chi connectivity index (χ1v) is 9.04. The Morgan fingerprint density at radius 1 is 1.17 bits per heavy atom. The number of hydrogen-bond donors (Lipinski definition) is 1. The van der Waals surface area contributed by atoms with Gasteiger partial charge in [-0.15, -0.1) is 5.10 Å². The summed E-state index contributed by atoms with van der Waals surface area (Å²) in [6, 6.07) is 8.56. The van der Waals surface area contributed by atoms with Crippen molar-refractivity contribution in [2.45, 2.75) is 33.2 Å². The zero-order valence-electron chi connectivity index (χ0n) is 16.4. The van der Waals surface area contributed by atoms with Gasteiger partial charge in [0.15, 0.2) is 18.4 Å². The maximum atomic E-state index is 12.7. The summed E-state index contributed by atoms with van der Waals surface area (Å²) >= 11 is 0. The molecule has 3 aromatic rings. The van der Waals surface area contributed by atoms with Crippen LogP contribution in [0.5, 0.6) is 0 Å². The number of aromatic amines is 1. The molecule has 1 N–H and O–H groups in total. The third-order valence-corrected chi connectivity index (χ3v) is 4.64. The summed E-state index contributed by atoms with van der Waals surface area (Å²) in [6.07, 6.45) is 1.64. The second-order valence-corrected chi connectivity index (χ2v) is 6.71. The average Bonchev–Trinajstić information content (AvgIpc) is 3.32. The first kappa shape index (κ1) is 20.1. The van der Waals surface area contributed by atoms with Gasteiger partial charge in [0.2, 0.25) is 5.78 Å². The van der Waals surface area contributed by atoms with Gasteiger partial charge in [-0.2, -0.15) is 0 Å². The van der Waals surface area contributed by atoms with E-state index in [4.69, 9.17) is 4.74 Å². The van der Waals surface area contributed by atoms with Crippen LogP contribution >= 0.6 is 0 Å². The van der Waals surface area contributed by atoms with Gasteiger partial charge in [0.1, 0.15) is 6.33 Å². The van der Waals surface area contributed by atoms with Gasteiger partial charge in [0.05, 0.1) is 5.69 Å². The summed E-state index contributed by atoms with van der Waals surface area (Å²) in [5, 5.41) is 10.9. The van der Waals surface area contributed by atoms with Crippen molar-refractivity contribution in [1.82, 2.24) is 25.2 Å². The molecule has 0 fully saturated rings. The maximum absolute atomic E-state index is 12.7. The summed E-state index contributed by atoms with van der Waals surface area (Å²) < 4.78 is 6.57. The average molecular weight is 395 g/mol. The van der Waals surface area contributed by atoms with Crippen LogP contribution in [-0.4, -0.2) is 49.3 Å². The second-order valence-electron chi connectivity index (χ2n) is 6.71. The van der Waals surface area contributed by atoms with Gasteiger partial charge in [-0.1, -0.05) is 30.3 Å². The van der Waals surface area contributed by atoms with E-state index in [9.17, 15) is 14.4 Å². The van der Waals surface area contributed by atoms with E-state index in [-0.39, 0.29) is 11.5 Å². The number of esters is 1. The number of ether oxygens (including phenoxy) is 1. The molecule has 0 saturated heterocycles. The SMILES string of the molecule is CC(=O)c1c(C)[nH]c(C(=O)COC(=O)[C@@H](Cc2ccccc2)n2cnnn2)c1C. The van der Waals surface area contributed by atoms with Crippen LogP contribution in [0.15, 0.2) is 36.7 Å². The molecule has 1 atom stereocenters. The van der Waals surface area contributed by atoms with Crippen molar-refractivity contribution in [3.05, 3.63) is 64.7 Å². The number of nitrogens with zero attached hydrogens (tertiary/aromatic N) is 4. The van der Waals surface area contributed by atoms with E-state index in [1.807, 2.05) is 30.3 Å². The molecule has 9 heteroatoms. The molecule has 0 aliphatic rings. The van der Waals surface area contributed by atoms with Crippen molar-refractivity contribution in [1.29, 1.82) is 0 Å². The van der Waals surface area contributed by atoms with Crippen molar-refractivity contribution in [2.75, 3.05) is 6.61 Å². The summed E-state index contributed by atoms with van der Waals surface area (Å²) in [5.41, 5.74) is 2.81. The number of rotatable bonds is 8. The molecular formula is C20H21N5O4. The molecule has 2 aromatic heterocycles. The topological polar surface area (TPSA) is 120 Å². The quantitative estimate of drug-likeness (QED) is 0.458. The Bertz CT molecular complexity index is 1020. The Hall–Kier alpha value is -3.62. The lowest BCUT2D eigenvalue weighted by atomic mass is 10.1. The second kappa shape index (κ2) is 8.59. The number of ketones is 2.